The van der Waals surface area contributed by atoms with Crippen LogP contribution in [0.5, 0.6) is 0 Å². The molecule has 0 unspecified atom stereocenters. The lowest BCUT2D eigenvalue weighted by molar-refractivity contribution is -0.137. The number of rotatable bonds is 5. The van der Waals surface area contributed by atoms with E-state index in [4.69, 9.17) is 0 Å². The van der Waals surface area contributed by atoms with Gasteiger partial charge in [-0.25, -0.2) is 4.79 Å². The Balaban J connectivity index is 1.29. The van der Waals surface area contributed by atoms with E-state index >= 15 is 0 Å². The average Bonchev–Trinajstić information content (AvgIpc) is 3.51. The highest BCUT2D eigenvalue weighted by atomic mass is 32.2. The van der Waals surface area contributed by atoms with Gasteiger partial charge in [0.25, 0.3) is 0 Å². The summed E-state index contributed by atoms with van der Waals surface area (Å²) in [6, 6.07) is 6.24. The van der Waals surface area contributed by atoms with Crippen molar-refractivity contribution in [2.24, 2.45) is 5.92 Å². The second-order valence-corrected chi connectivity index (χ2v) is 11.6. The van der Waals surface area contributed by atoms with Crippen LogP contribution in [0.25, 0.3) is 0 Å². The lowest BCUT2D eigenvalue weighted by atomic mass is 9.84. The molecule has 7 nitrogen and oxygen atoms in total. The lowest BCUT2D eigenvalue weighted by Crippen LogP contribution is -2.53. The molecule has 3 saturated heterocycles. The molecule has 3 aliphatic rings. The van der Waals surface area contributed by atoms with E-state index in [-0.39, 0.29) is 11.6 Å². The van der Waals surface area contributed by atoms with Gasteiger partial charge in [0, 0.05) is 62.5 Å². The quantitative estimate of drug-likeness (QED) is 0.466. The molecule has 208 valence electrons. The number of nitrogens with zero attached hydrogens (tertiary/aromatic N) is 5. The summed E-state index contributed by atoms with van der Waals surface area (Å²) in [4.78, 5) is 19.3. The maximum Gasteiger partial charge on any atom is 0.416 e. The van der Waals surface area contributed by atoms with Crippen LogP contribution in [0.4, 0.5) is 29.5 Å². The number of carbonyl (C=O) groups is 1. The monoisotopic (exact) mass is 550 g/mol. The highest BCUT2D eigenvalue weighted by molar-refractivity contribution is 7.99. The maximum absolute atomic E-state index is 13.9. The number of benzene rings is 1. The molecule has 4 heterocycles. The number of alkyl halides is 3. The Hall–Kier alpha value is -2.40. The van der Waals surface area contributed by atoms with Crippen LogP contribution < -0.4 is 9.62 Å². The predicted octanol–water partition coefficient (Wildman–Crippen LogP) is 5.93. The number of anilines is 2. The summed E-state index contributed by atoms with van der Waals surface area (Å²) >= 11 is 1.42. The molecular weight excluding hydrogens is 513 g/mol. The Labute approximate surface area is 226 Å². The van der Waals surface area contributed by atoms with Crippen molar-refractivity contribution in [3.8, 4) is 0 Å². The number of likely N-dealkylation sites (tertiary alicyclic amines) is 2. The standard InChI is InChI=1S/C27H37F3N6OS/c1-20-4-11-33(12-5-20)23-17-21(16-22(18-23)27(28,29)30)19-35-10-3-7-26(35)8-14-34(15-9-26)25(37)36-13-6-24(31-36)32-38-2/h6,13,16-18,20H,3-5,7-12,14-15,19H2,1-2H3,(H,31,32). The van der Waals surface area contributed by atoms with E-state index < -0.39 is 11.7 Å². The van der Waals surface area contributed by atoms with Crippen LogP contribution in [0.2, 0.25) is 0 Å². The Morgan fingerprint density at radius 3 is 2.53 bits per heavy atom. The molecule has 1 aromatic heterocycles. The third-order valence-electron chi connectivity index (χ3n) is 8.52. The number of carbonyl (C=O) groups excluding carboxylic acids is 1. The van der Waals surface area contributed by atoms with Gasteiger partial charge in [-0.2, -0.15) is 17.9 Å². The zero-order valence-corrected chi connectivity index (χ0v) is 23.0. The van der Waals surface area contributed by atoms with Crippen LogP contribution in [0, 0.1) is 5.92 Å². The summed E-state index contributed by atoms with van der Waals surface area (Å²) in [7, 11) is 0. The van der Waals surface area contributed by atoms with Crippen LogP contribution in [0.15, 0.2) is 30.5 Å². The molecule has 0 bridgehead atoms. The molecule has 3 aliphatic heterocycles. The minimum absolute atomic E-state index is 0.0819. The van der Waals surface area contributed by atoms with Crippen molar-refractivity contribution >= 4 is 29.5 Å². The van der Waals surface area contributed by atoms with Crippen LogP contribution in [0.3, 0.4) is 0 Å². The summed E-state index contributed by atoms with van der Waals surface area (Å²) in [6.07, 6.45) is 4.85. The first-order valence-electron chi connectivity index (χ1n) is 13.5. The smallest absolute Gasteiger partial charge is 0.371 e. The second kappa shape index (κ2) is 11.0. The molecule has 38 heavy (non-hydrogen) atoms. The number of hydrogen-bond acceptors (Lipinski definition) is 6. The predicted molar refractivity (Wildman–Crippen MR) is 145 cm³/mol. The van der Waals surface area contributed by atoms with E-state index in [9.17, 15) is 18.0 Å². The van der Waals surface area contributed by atoms with Crippen molar-refractivity contribution in [3.63, 3.8) is 0 Å². The molecule has 1 N–H and O–H groups in total. The van der Waals surface area contributed by atoms with Crippen molar-refractivity contribution in [1.29, 1.82) is 0 Å². The van der Waals surface area contributed by atoms with Crippen LogP contribution in [-0.2, 0) is 12.7 Å². The van der Waals surface area contributed by atoms with Gasteiger partial charge in [0.05, 0.1) is 5.56 Å². The number of nitrogens with one attached hydrogen (secondary N) is 1. The van der Waals surface area contributed by atoms with E-state index in [0.29, 0.717) is 37.1 Å². The van der Waals surface area contributed by atoms with Gasteiger partial charge >= 0.3 is 12.2 Å². The minimum atomic E-state index is -4.38. The van der Waals surface area contributed by atoms with Crippen molar-refractivity contribution < 1.29 is 18.0 Å². The summed E-state index contributed by atoms with van der Waals surface area (Å²) < 4.78 is 46.0. The maximum atomic E-state index is 13.9. The molecule has 0 aliphatic carbocycles. The van der Waals surface area contributed by atoms with Gasteiger partial charge in [0.15, 0.2) is 5.82 Å². The van der Waals surface area contributed by atoms with Gasteiger partial charge in [-0.15, -0.1) is 5.10 Å². The van der Waals surface area contributed by atoms with E-state index in [1.807, 2.05) is 17.2 Å². The van der Waals surface area contributed by atoms with E-state index in [2.05, 4.69) is 26.5 Å². The summed E-state index contributed by atoms with van der Waals surface area (Å²) in [6.45, 7) is 6.38. The number of piperidine rings is 2. The largest absolute Gasteiger partial charge is 0.416 e. The fourth-order valence-electron chi connectivity index (χ4n) is 6.25. The molecule has 5 rings (SSSR count). The highest BCUT2D eigenvalue weighted by Crippen LogP contribution is 2.41. The van der Waals surface area contributed by atoms with Crippen molar-refractivity contribution in [1.82, 2.24) is 19.6 Å². The topological polar surface area (TPSA) is 56.6 Å². The van der Waals surface area contributed by atoms with Gasteiger partial charge in [0.1, 0.15) is 0 Å². The third-order valence-corrected chi connectivity index (χ3v) is 8.94. The van der Waals surface area contributed by atoms with Crippen molar-refractivity contribution in [2.75, 3.05) is 48.6 Å². The zero-order valence-electron chi connectivity index (χ0n) is 22.1. The third kappa shape index (κ3) is 5.78. The SMILES string of the molecule is CSNc1ccn(C(=O)N2CCC3(CCCN3Cc3cc(N4CCC(C)CC4)cc(C(F)(F)F)c3)CC2)n1. The summed E-state index contributed by atoms with van der Waals surface area (Å²) in [5.41, 5.74) is 0.761. The van der Waals surface area contributed by atoms with Crippen LogP contribution in [-0.4, -0.2) is 70.1 Å². The van der Waals surface area contributed by atoms with E-state index in [1.165, 1.54) is 28.8 Å². The fourth-order valence-corrected chi connectivity index (χ4v) is 6.57. The van der Waals surface area contributed by atoms with Gasteiger partial charge in [-0.3, -0.25) is 4.90 Å². The average molecular weight is 551 g/mol. The molecule has 2 aromatic rings. The lowest BCUT2D eigenvalue weighted by Gasteiger charge is -2.45. The molecule has 3 fully saturated rings. The summed E-state index contributed by atoms with van der Waals surface area (Å²) in [5, 5.41) is 4.30. The highest BCUT2D eigenvalue weighted by Gasteiger charge is 2.44. The Bertz CT molecular complexity index is 1120. The fraction of sp³-hybridized carbons (Fsp3) is 0.630. The molecule has 1 amide bonds. The first-order valence-corrected chi connectivity index (χ1v) is 14.7. The van der Waals surface area contributed by atoms with E-state index in [1.54, 1.807) is 12.3 Å². The first-order chi connectivity index (χ1) is 18.2. The first kappa shape index (κ1) is 27.2. The zero-order chi connectivity index (χ0) is 26.9. The molecule has 0 atom stereocenters. The Kier molecular flexibility index (Phi) is 7.86. The van der Waals surface area contributed by atoms with Gasteiger partial charge in [0.2, 0.25) is 0 Å². The van der Waals surface area contributed by atoms with Crippen molar-refractivity contribution in [3.05, 3.63) is 41.6 Å². The second-order valence-electron chi connectivity index (χ2n) is 11.0. The number of halogens is 3. The minimum Gasteiger partial charge on any atom is -0.371 e. The van der Waals surface area contributed by atoms with Crippen LogP contribution in [0.1, 0.15) is 56.6 Å². The van der Waals surface area contributed by atoms with E-state index in [0.717, 1.165) is 63.7 Å². The molecule has 1 spiro atoms. The number of aromatic nitrogens is 2. The number of hydrogen-bond donors (Lipinski definition) is 1. The Morgan fingerprint density at radius 1 is 1.11 bits per heavy atom. The molecular formula is C27H37F3N6OS. The van der Waals surface area contributed by atoms with Gasteiger partial charge < -0.3 is 14.5 Å². The van der Waals surface area contributed by atoms with Gasteiger partial charge in [-0.1, -0.05) is 18.9 Å². The van der Waals surface area contributed by atoms with Crippen LogP contribution >= 0.6 is 11.9 Å². The molecule has 11 heteroatoms. The molecule has 0 saturated carbocycles. The molecule has 0 radical (unpaired) electrons. The molecule has 1 aromatic carbocycles. The van der Waals surface area contributed by atoms with Gasteiger partial charge in [-0.05, 0) is 74.8 Å². The normalized spacial score (nSPS) is 20.9. The Morgan fingerprint density at radius 2 is 1.84 bits per heavy atom. The summed E-state index contributed by atoms with van der Waals surface area (Å²) in [5.74, 6) is 1.25. The number of amides is 1. The van der Waals surface area contributed by atoms with Crippen molar-refractivity contribution in [2.45, 2.75) is 63.7 Å².